The number of halogens is 1. The van der Waals surface area contributed by atoms with Crippen molar-refractivity contribution in [2.24, 2.45) is 0 Å². The standard InChI is InChI=1S/C15H15Br/c1-12-5-7-13(8-6-12)9-14-3-2-4-15(10-14)11-16/h2-8,10H,9,11H2,1H3. The lowest BCUT2D eigenvalue weighted by molar-refractivity contribution is 1.17. The average Bonchev–Trinajstić information content (AvgIpc) is 2.32. The number of alkyl halides is 1. The summed E-state index contributed by atoms with van der Waals surface area (Å²) < 4.78 is 0. The second kappa shape index (κ2) is 5.31. The molecule has 0 atom stereocenters. The fourth-order valence-corrected chi connectivity index (χ4v) is 2.11. The Labute approximate surface area is 105 Å². The second-order valence-corrected chi connectivity index (χ2v) is 4.68. The van der Waals surface area contributed by atoms with Crippen LogP contribution < -0.4 is 0 Å². The van der Waals surface area contributed by atoms with Gasteiger partial charge in [-0.05, 0) is 30.0 Å². The van der Waals surface area contributed by atoms with E-state index in [1.807, 2.05) is 0 Å². The first-order valence-electron chi connectivity index (χ1n) is 5.47. The third kappa shape index (κ3) is 2.96. The van der Waals surface area contributed by atoms with Crippen molar-refractivity contribution >= 4 is 15.9 Å². The number of rotatable bonds is 3. The molecule has 0 N–H and O–H groups in total. The lowest BCUT2D eigenvalue weighted by Crippen LogP contribution is -1.89. The largest absolute Gasteiger partial charge is 0.0876 e. The van der Waals surface area contributed by atoms with Crippen molar-refractivity contribution in [2.45, 2.75) is 18.7 Å². The fraction of sp³-hybridized carbons (Fsp3) is 0.200. The van der Waals surface area contributed by atoms with Crippen molar-refractivity contribution < 1.29 is 0 Å². The van der Waals surface area contributed by atoms with Gasteiger partial charge in [-0.1, -0.05) is 70.0 Å². The van der Waals surface area contributed by atoms with E-state index < -0.39 is 0 Å². The Bertz CT molecular complexity index is 457. The first kappa shape index (κ1) is 11.4. The highest BCUT2D eigenvalue weighted by Crippen LogP contribution is 2.13. The summed E-state index contributed by atoms with van der Waals surface area (Å²) in [7, 11) is 0. The van der Waals surface area contributed by atoms with Crippen LogP contribution in [0.5, 0.6) is 0 Å². The topological polar surface area (TPSA) is 0 Å². The molecule has 0 aromatic heterocycles. The summed E-state index contributed by atoms with van der Waals surface area (Å²) in [5.41, 5.74) is 5.40. The minimum atomic E-state index is 0.925. The molecule has 2 rings (SSSR count). The maximum Gasteiger partial charge on any atom is 0.0283 e. The predicted molar refractivity (Wildman–Crippen MR) is 73.1 cm³/mol. The molecule has 2 aromatic rings. The summed E-state index contributed by atoms with van der Waals surface area (Å²) >= 11 is 3.49. The Hall–Kier alpha value is -1.08. The van der Waals surface area contributed by atoms with Gasteiger partial charge in [0.05, 0.1) is 0 Å². The summed E-state index contributed by atoms with van der Waals surface area (Å²) in [5, 5.41) is 0.925. The SMILES string of the molecule is Cc1ccc(Cc2cccc(CBr)c2)cc1. The van der Waals surface area contributed by atoms with Gasteiger partial charge in [-0.25, -0.2) is 0 Å². The van der Waals surface area contributed by atoms with Crippen LogP contribution in [0.3, 0.4) is 0 Å². The maximum absolute atomic E-state index is 3.49. The van der Waals surface area contributed by atoms with Gasteiger partial charge in [0.1, 0.15) is 0 Å². The molecule has 0 radical (unpaired) electrons. The van der Waals surface area contributed by atoms with Gasteiger partial charge in [0.25, 0.3) is 0 Å². The van der Waals surface area contributed by atoms with Crippen molar-refractivity contribution in [3.8, 4) is 0 Å². The number of aryl methyl sites for hydroxylation is 1. The molecule has 2 aromatic carbocycles. The number of benzene rings is 2. The molecular weight excluding hydrogens is 260 g/mol. The molecule has 16 heavy (non-hydrogen) atoms. The monoisotopic (exact) mass is 274 g/mol. The molecule has 0 aliphatic rings. The molecule has 0 unspecified atom stereocenters. The van der Waals surface area contributed by atoms with Gasteiger partial charge < -0.3 is 0 Å². The Kier molecular flexibility index (Phi) is 3.79. The third-order valence-electron chi connectivity index (χ3n) is 2.67. The molecule has 0 fully saturated rings. The van der Waals surface area contributed by atoms with Gasteiger partial charge in [0.2, 0.25) is 0 Å². The zero-order valence-corrected chi connectivity index (χ0v) is 11.0. The van der Waals surface area contributed by atoms with Crippen molar-refractivity contribution in [2.75, 3.05) is 0 Å². The highest BCUT2D eigenvalue weighted by Gasteiger charge is 1.97. The lowest BCUT2D eigenvalue weighted by Gasteiger charge is -2.04. The van der Waals surface area contributed by atoms with Crippen molar-refractivity contribution in [3.05, 3.63) is 70.8 Å². The van der Waals surface area contributed by atoms with Gasteiger partial charge in [0, 0.05) is 5.33 Å². The van der Waals surface area contributed by atoms with Crippen LogP contribution in [0.25, 0.3) is 0 Å². The van der Waals surface area contributed by atoms with Crippen LogP contribution in [-0.2, 0) is 11.8 Å². The first-order chi connectivity index (χ1) is 7.78. The van der Waals surface area contributed by atoms with Gasteiger partial charge in [0.15, 0.2) is 0 Å². The average molecular weight is 275 g/mol. The molecule has 0 amide bonds. The Morgan fingerprint density at radius 2 is 1.56 bits per heavy atom. The quantitative estimate of drug-likeness (QED) is 0.724. The van der Waals surface area contributed by atoms with Crippen molar-refractivity contribution in [1.29, 1.82) is 0 Å². The number of hydrogen-bond acceptors (Lipinski definition) is 0. The normalized spacial score (nSPS) is 10.4. The van der Waals surface area contributed by atoms with Crippen molar-refractivity contribution in [1.82, 2.24) is 0 Å². The smallest absolute Gasteiger partial charge is 0.0283 e. The van der Waals surface area contributed by atoms with Crippen LogP contribution in [0.1, 0.15) is 22.3 Å². The Morgan fingerprint density at radius 3 is 2.25 bits per heavy atom. The van der Waals surface area contributed by atoms with Crippen LogP contribution in [0, 0.1) is 6.92 Å². The van der Waals surface area contributed by atoms with Gasteiger partial charge in [-0.3, -0.25) is 0 Å². The predicted octanol–water partition coefficient (Wildman–Crippen LogP) is 4.48. The molecule has 0 saturated heterocycles. The summed E-state index contributed by atoms with van der Waals surface area (Å²) in [6.07, 6.45) is 1.01. The molecule has 1 heteroatoms. The molecule has 0 aliphatic carbocycles. The van der Waals surface area contributed by atoms with E-state index in [9.17, 15) is 0 Å². The van der Waals surface area contributed by atoms with Crippen LogP contribution in [0.4, 0.5) is 0 Å². The van der Waals surface area contributed by atoms with E-state index in [0.717, 1.165) is 11.8 Å². The van der Waals surface area contributed by atoms with Crippen LogP contribution in [0.2, 0.25) is 0 Å². The zero-order valence-electron chi connectivity index (χ0n) is 9.41. The van der Waals surface area contributed by atoms with E-state index in [0.29, 0.717) is 0 Å². The van der Waals surface area contributed by atoms with Crippen LogP contribution >= 0.6 is 15.9 Å². The van der Waals surface area contributed by atoms with Crippen LogP contribution in [-0.4, -0.2) is 0 Å². The molecule has 0 saturated carbocycles. The van der Waals surface area contributed by atoms with Gasteiger partial charge in [-0.2, -0.15) is 0 Å². The van der Waals surface area contributed by atoms with E-state index in [1.54, 1.807) is 0 Å². The molecule has 0 nitrogen and oxygen atoms in total. The van der Waals surface area contributed by atoms with E-state index in [2.05, 4.69) is 71.4 Å². The molecule has 0 heterocycles. The summed E-state index contributed by atoms with van der Waals surface area (Å²) in [4.78, 5) is 0. The minimum absolute atomic E-state index is 0.925. The maximum atomic E-state index is 3.49. The molecule has 0 aliphatic heterocycles. The Morgan fingerprint density at radius 1 is 0.875 bits per heavy atom. The molecule has 82 valence electrons. The summed E-state index contributed by atoms with van der Waals surface area (Å²) in [6, 6.07) is 17.5. The highest BCUT2D eigenvalue weighted by atomic mass is 79.9. The van der Waals surface area contributed by atoms with Crippen LogP contribution in [0.15, 0.2) is 48.5 Å². The summed E-state index contributed by atoms with van der Waals surface area (Å²) in [5.74, 6) is 0. The highest BCUT2D eigenvalue weighted by molar-refractivity contribution is 9.08. The molecular formula is C15H15Br. The van der Waals surface area contributed by atoms with E-state index in [-0.39, 0.29) is 0 Å². The lowest BCUT2D eigenvalue weighted by atomic mass is 10.0. The molecule has 0 spiro atoms. The minimum Gasteiger partial charge on any atom is -0.0876 e. The fourth-order valence-electron chi connectivity index (χ4n) is 1.76. The number of hydrogen-bond donors (Lipinski definition) is 0. The van der Waals surface area contributed by atoms with E-state index in [4.69, 9.17) is 0 Å². The van der Waals surface area contributed by atoms with Crippen molar-refractivity contribution in [3.63, 3.8) is 0 Å². The first-order valence-corrected chi connectivity index (χ1v) is 6.59. The van der Waals surface area contributed by atoms with Gasteiger partial charge >= 0.3 is 0 Å². The zero-order chi connectivity index (χ0) is 11.4. The third-order valence-corrected chi connectivity index (χ3v) is 3.32. The van der Waals surface area contributed by atoms with Gasteiger partial charge in [-0.15, -0.1) is 0 Å². The van der Waals surface area contributed by atoms with E-state index in [1.165, 1.54) is 22.3 Å². The Balaban J connectivity index is 2.16. The molecule has 0 bridgehead atoms. The van der Waals surface area contributed by atoms with E-state index >= 15 is 0 Å². The second-order valence-electron chi connectivity index (χ2n) is 4.12. The summed E-state index contributed by atoms with van der Waals surface area (Å²) in [6.45, 7) is 2.12.